The van der Waals surface area contributed by atoms with Crippen molar-refractivity contribution in [3.05, 3.63) is 75.3 Å². The Kier molecular flexibility index (Phi) is 5.46. The number of benzene rings is 2. The molecule has 6 nitrogen and oxygen atoms in total. The Morgan fingerprint density at radius 3 is 2.35 bits per heavy atom. The van der Waals surface area contributed by atoms with E-state index < -0.39 is 14.9 Å². The molecule has 2 rings (SSSR count). The Morgan fingerprint density at radius 1 is 1.09 bits per heavy atom. The molecule has 0 aliphatic rings. The number of non-ortho nitro benzene ring substituents is 1. The number of nitro benzene ring substituents is 1. The SMILES string of the molecule is Cc1ccccc1CS(=O)(=O)NCCc1ccc([N+](=O)[O-])cc1. The van der Waals surface area contributed by atoms with E-state index >= 15 is 0 Å². The largest absolute Gasteiger partial charge is 0.269 e. The summed E-state index contributed by atoms with van der Waals surface area (Å²) in [6.45, 7) is 2.13. The number of hydrogen-bond donors (Lipinski definition) is 1. The fourth-order valence-electron chi connectivity index (χ4n) is 2.16. The summed E-state index contributed by atoms with van der Waals surface area (Å²) >= 11 is 0. The molecule has 2 aromatic carbocycles. The monoisotopic (exact) mass is 334 g/mol. The van der Waals surface area contributed by atoms with Gasteiger partial charge in [0.15, 0.2) is 0 Å². The second-order valence-corrected chi connectivity index (χ2v) is 7.06. The molecular formula is C16H18N2O4S. The van der Waals surface area contributed by atoms with Crippen LogP contribution in [-0.2, 0) is 22.2 Å². The van der Waals surface area contributed by atoms with Gasteiger partial charge in [-0.05, 0) is 30.0 Å². The second kappa shape index (κ2) is 7.34. The predicted molar refractivity (Wildman–Crippen MR) is 88.6 cm³/mol. The summed E-state index contributed by atoms with van der Waals surface area (Å²) in [5.41, 5.74) is 2.58. The van der Waals surface area contributed by atoms with Gasteiger partial charge in [0.2, 0.25) is 10.0 Å². The molecule has 122 valence electrons. The quantitative estimate of drug-likeness (QED) is 0.622. The van der Waals surface area contributed by atoms with Gasteiger partial charge >= 0.3 is 0 Å². The molecule has 0 fully saturated rings. The second-order valence-electron chi connectivity index (χ2n) is 5.25. The van der Waals surface area contributed by atoms with Crippen molar-refractivity contribution < 1.29 is 13.3 Å². The predicted octanol–water partition coefficient (Wildman–Crippen LogP) is 2.57. The van der Waals surface area contributed by atoms with E-state index in [0.717, 1.165) is 16.7 Å². The van der Waals surface area contributed by atoms with E-state index in [4.69, 9.17) is 0 Å². The van der Waals surface area contributed by atoms with Gasteiger partial charge in [0.05, 0.1) is 10.7 Å². The van der Waals surface area contributed by atoms with Gasteiger partial charge in [0, 0.05) is 18.7 Å². The Bertz CT molecular complexity index is 786. The zero-order chi connectivity index (χ0) is 16.9. The summed E-state index contributed by atoms with van der Waals surface area (Å²) in [7, 11) is -3.41. The minimum absolute atomic E-state index is 0.0221. The topological polar surface area (TPSA) is 89.3 Å². The van der Waals surface area contributed by atoms with Crippen LogP contribution in [0.5, 0.6) is 0 Å². The first kappa shape index (κ1) is 17.1. The van der Waals surface area contributed by atoms with Gasteiger partial charge in [-0.15, -0.1) is 0 Å². The molecule has 0 atom stereocenters. The standard InChI is InChI=1S/C16H18N2O4S/c1-13-4-2-3-5-15(13)12-23(21,22)17-11-10-14-6-8-16(9-7-14)18(19)20/h2-9,17H,10-12H2,1H3. The van der Waals surface area contributed by atoms with Crippen LogP contribution >= 0.6 is 0 Å². The maximum atomic E-state index is 12.1. The molecule has 0 aliphatic heterocycles. The number of sulfonamides is 1. The molecule has 1 N–H and O–H groups in total. The summed E-state index contributed by atoms with van der Waals surface area (Å²) in [6.07, 6.45) is 0.477. The average Bonchev–Trinajstić information content (AvgIpc) is 2.50. The highest BCUT2D eigenvalue weighted by Crippen LogP contribution is 2.13. The highest BCUT2D eigenvalue weighted by atomic mass is 32.2. The fourth-order valence-corrected chi connectivity index (χ4v) is 3.41. The maximum absolute atomic E-state index is 12.1. The zero-order valence-electron chi connectivity index (χ0n) is 12.7. The lowest BCUT2D eigenvalue weighted by molar-refractivity contribution is -0.384. The lowest BCUT2D eigenvalue weighted by Crippen LogP contribution is -2.27. The lowest BCUT2D eigenvalue weighted by Gasteiger charge is -2.09. The average molecular weight is 334 g/mol. The highest BCUT2D eigenvalue weighted by Gasteiger charge is 2.12. The van der Waals surface area contributed by atoms with Crippen molar-refractivity contribution in [1.82, 2.24) is 4.72 Å². The van der Waals surface area contributed by atoms with Crippen molar-refractivity contribution in [2.45, 2.75) is 19.1 Å². The molecule has 0 radical (unpaired) electrons. The summed E-state index contributed by atoms with van der Waals surface area (Å²) in [4.78, 5) is 10.1. The van der Waals surface area contributed by atoms with Crippen LogP contribution in [0.25, 0.3) is 0 Å². The van der Waals surface area contributed by atoms with Crippen molar-refractivity contribution in [1.29, 1.82) is 0 Å². The molecule has 2 aromatic rings. The lowest BCUT2D eigenvalue weighted by atomic mass is 10.1. The van der Waals surface area contributed by atoms with E-state index in [9.17, 15) is 18.5 Å². The van der Waals surface area contributed by atoms with Crippen molar-refractivity contribution in [2.24, 2.45) is 0 Å². The minimum atomic E-state index is -3.41. The minimum Gasteiger partial charge on any atom is -0.258 e. The Balaban J connectivity index is 1.90. The van der Waals surface area contributed by atoms with Gasteiger partial charge in [-0.2, -0.15) is 0 Å². The first-order valence-electron chi connectivity index (χ1n) is 7.12. The van der Waals surface area contributed by atoms with Gasteiger partial charge in [-0.1, -0.05) is 36.4 Å². The van der Waals surface area contributed by atoms with Crippen molar-refractivity contribution in [3.63, 3.8) is 0 Å². The number of aryl methyl sites for hydroxylation is 1. The van der Waals surface area contributed by atoms with Crippen LogP contribution < -0.4 is 4.72 Å². The molecule has 23 heavy (non-hydrogen) atoms. The number of nitrogens with zero attached hydrogens (tertiary/aromatic N) is 1. The van der Waals surface area contributed by atoms with Crippen molar-refractivity contribution >= 4 is 15.7 Å². The van der Waals surface area contributed by atoms with Crippen LogP contribution in [0.2, 0.25) is 0 Å². The van der Waals surface area contributed by atoms with Crippen LogP contribution in [0.1, 0.15) is 16.7 Å². The maximum Gasteiger partial charge on any atom is 0.269 e. The van der Waals surface area contributed by atoms with E-state index in [2.05, 4.69) is 4.72 Å². The highest BCUT2D eigenvalue weighted by molar-refractivity contribution is 7.88. The van der Waals surface area contributed by atoms with E-state index in [1.54, 1.807) is 18.2 Å². The Morgan fingerprint density at radius 2 is 1.74 bits per heavy atom. The van der Waals surface area contributed by atoms with Gasteiger partial charge in [-0.3, -0.25) is 10.1 Å². The van der Waals surface area contributed by atoms with Gasteiger partial charge in [0.25, 0.3) is 5.69 Å². The van der Waals surface area contributed by atoms with Gasteiger partial charge in [0.1, 0.15) is 0 Å². The molecule has 0 heterocycles. The normalized spacial score (nSPS) is 11.3. The zero-order valence-corrected chi connectivity index (χ0v) is 13.5. The van der Waals surface area contributed by atoms with E-state index in [1.165, 1.54) is 12.1 Å². The number of nitro groups is 1. The molecule has 0 saturated carbocycles. The van der Waals surface area contributed by atoms with Crippen LogP contribution in [-0.4, -0.2) is 19.9 Å². The molecule has 0 spiro atoms. The first-order chi connectivity index (χ1) is 10.9. The first-order valence-corrected chi connectivity index (χ1v) is 8.78. The molecule has 0 aromatic heterocycles. The van der Waals surface area contributed by atoms with Crippen molar-refractivity contribution in [3.8, 4) is 0 Å². The molecule has 0 bridgehead atoms. The smallest absolute Gasteiger partial charge is 0.258 e. The molecule has 0 saturated heterocycles. The third kappa shape index (κ3) is 5.15. The van der Waals surface area contributed by atoms with Gasteiger partial charge in [-0.25, -0.2) is 13.1 Å². The van der Waals surface area contributed by atoms with E-state index in [-0.39, 0.29) is 18.0 Å². The summed E-state index contributed by atoms with van der Waals surface area (Å²) in [6, 6.07) is 13.4. The van der Waals surface area contributed by atoms with E-state index in [1.807, 2.05) is 25.1 Å². The molecule has 0 amide bonds. The van der Waals surface area contributed by atoms with Gasteiger partial charge < -0.3 is 0 Å². The third-order valence-corrected chi connectivity index (χ3v) is 4.82. The summed E-state index contributed by atoms with van der Waals surface area (Å²) in [5.74, 6) is -0.0556. The molecule has 0 unspecified atom stereocenters. The number of rotatable bonds is 7. The summed E-state index contributed by atoms with van der Waals surface area (Å²) in [5, 5.41) is 10.6. The third-order valence-electron chi connectivity index (χ3n) is 3.49. The number of nitrogens with one attached hydrogen (secondary N) is 1. The summed E-state index contributed by atoms with van der Waals surface area (Å²) < 4.78 is 26.7. The van der Waals surface area contributed by atoms with Crippen LogP contribution in [0.15, 0.2) is 48.5 Å². The molecule has 0 aliphatic carbocycles. The van der Waals surface area contributed by atoms with Crippen LogP contribution in [0.4, 0.5) is 5.69 Å². The Hall–Kier alpha value is -2.25. The van der Waals surface area contributed by atoms with Crippen molar-refractivity contribution in [2.75, 3.05) is 6.54 Å². The fraction of sp³-hybridized carbons (Fsp3) is 0.250. The number of hydrogen-bond acceptors (Lipinski definition) is 4. The Labute approximate surface area is 135 Å². The van der Waals surface area contributed by atoms with E-state index in [0.29, 0.717) is 6.42 Å². The molecular weight excluding hydrogens is 316 g/mol. The molecule has 7 heteroatoms. The van der Waals surface area contributed by atoms with Crippen LogP contribution in [0.3, 0.4) is 0 Å². The van der Waals surface area contributed by atoms with Crippen LogP contribution in [0, 0.1) is 17.0 Å².